The van der Waals surface area contributed by atoms with Crippen molar-refractivity contribution in [3.8, 4) is 11.5 Å². The maximum Gasteiger partial charge on any atom is 0.357 e. The monoisotopic (exact) mass is 239 g/mol. The van der Waals surface area contributed by atoms with Gasteiger partial charge in [0.2, 0.25) is 5.89 Å². The first-order valence-electron chi connectivity index (χ1n) is 4.64. The van der Waals surface area contributed by atoms with Crippen molar-refractivity contribution in [3.05, 3.63) is 41.3 Å². The molecule has 88 valence electrons. The Morgan fingerprint density at radius 3 is 2.71 bits per heavy atom. The molecule has 0 bridgehead atoms. The summed E-state index contributed by atoms with van der Waals surface area (Å²) in [6, 6.07) is 2.34. The van der Waals surface area contributed by atoms with Crippen molar-refractivity contribution in [2.24, 2.45) is 0 Å². The predicted molar refractivity (Wildman–Crippen MR) is 53.6 cm³/mol. The van der Waals surface area contributed by atoms with Gasteiger partial charge in [-0.25, -0.2) is 18.6 Å². The minimum absolute atomic E-state index is 0.219. The Hall–Kier alpha value is -2.24. The molecule has 1 heterocycles. The van der Waals surface area contributed by atoms with Crippen molar-refractivity contribution in [2.45, 2.75) is 6.92 Å². The molecule has 6 heteroatoms. The van der Waals surface area contributed by atoms with E-state index >= 15 is 0 Å². The summed E-state index contributed by atoms with van der Waals surface area (Å²) in [4.78, 5) is 14.1. The highest BCUT2D eigenvalue weighted by atomic mass is 19.1. The number of oxazole rings is 1. The van der Waals surface area contributed by atoms with Crippen LogP contribution in [0.5, 0.6) is 0 Å². The van der Waals surface area contributed by atoms with Gasteiger partial charge in [-0.05, 0) is 18.6 Å². The number of aromatic carboxylic acids is 1. The van der Waals surface area contributed by atoms with Gasteiger partial charge >= 0.3 is 5.97 Å². The van der Waals surface area contributed by atoms with E-state index < -0.39 is 28.9 Å². The minimum atomic E-state index is -1.33. The van der Waals surface area contributed by atoms with Crippen molar-refractivity contribution >= 4 is 5.97 Å². The van der Waals surface area contributed by atoms with Crippen LogP contribution in [0.25, 0.3) is 11.5 Å². The molecular formula is C11H7F2NO3. The van der Waals surface area contributed by atoms with Crippen LogP contribution in [-0.2, 0) is 0 Å². The fourth-order valence-corrected chi connectivity index (χ4v) is 1.34. The maximum atomic E-state index is 13.7. The van der Waals surface area contributed by atoms with E-state index in [9.17, 15) is 13.6 Å². The second-order valence-electron chi connectivity index (χ2n) is 3.40. The zero-order chi connectivity index (χ0) is 12.6. The molecule has 0 aliphatic rings. The van der Waals surface area contributed by atoms with Crippen LogP contribution in [-0.4, -0.2) is 16.1 Å². The molecule has 1 aromatic heterocycles. The number of carboxylic acids is 1. The van der Waals surface area contributed by atoms with E-state index in [2.05, 4.69) is 4.98 Å². The fraction of sp³-hybridized carbons (Fsp3) is 0.0909. The van der Waals surface area contributed by atoms with Crippen LogP contribution in [0.4, 0.5) is 8.78 Å². The zero-order valence-corrected chi connectivity index (χ0v) is 8.70. The number of hydrogen-bond acceptors (Lipinski definition) is 3. The van der Waals surface area contributed by atoms with Crippen molar-refractivity contribution in [3.63, 3.8) is 0 Å². The van der Waals surface area contributed by atoms with E-state index in [0.29, 0.717) is 0 Å². The summed E-state index contributed by atoms with van der Waals surface area (Å²) in [6.45, 7) is 1.46. The van der Waals surface area contributed by atoms with Crippen LogP contribution in [0.15, 0.2) is 22.8 Å². The second-order valence-corrected chi connectivity index (χ2v) is 3.40. The molecule has 0 radical (unpaired) electrons. The van der Waals surface area contributed by atoms with E-state index in [4.69, 9.17) is 9.52 Å². The first-order valence-corrected chi connectivity index (χ1v) is 4.64. The first-order chi connectivity index (χ1) is 8.00. The molecule has 0 unspecified atom stereocenters. The fourth-order valence-electron chi connectivity index (χ4n) is 1.34. The van der Waals surface area contributed by atoms with Crippen LogP contribution in [0.2, 0.25) is 0 Å². The molecule has 17 heavy (non-hydrogen) atoms. The maximum absolute atomic E-state index is 13.7. The third-order valence-corrected chi connectivity index (χ3v) is 2.22. The van der Waals surface area contributed by atoms with Crippen LogP contribution in [0, 0.1) is 18.6 Å². The Bertz CT molecular complexity index is 592. The van der Waals surface area contributed by atoms with Crippen LogP contribution < -0.4 is 0 Å². The Labute approximate surface area is 94.5 Å². The molecule has 0 saturated carbocycles. The predicted octanol–water partition coefficient (Wildman–Crippen LogP) is 2.63. The molecule has 1 N–H and O–H groups in total. The molecule has 0 spiro atoms. The summed E-state index contributed by atoms with van der Waals surface area (Å²) in [7, 11) is 0. The first kappa shape index (κ1) is 11.3. The quantitative estimate of drug-likeness (QED) is 0.874. The van der Waals surface area contributed by atoms with Crippen LogP contribution in [0.3, 0.4) is 0 Å². The smallest absolute Gasteiger partial charge is 0.357 e. The number of hydrogen-bond donors (Lipinski definition) is 1. The summed E-state index contributed by atoms with van der Waals surface area (Å²) in [5.41, 5.74) is -0.644. The Kier molecular flexibility index (Phi) is 2.63. The van der Waals surface area contributed by atoms with Crippen molar-refractivity contribution in [1.82, 2.24) is 4.98 Å². The van der Waals surface area contributed by atoms with Gasteiger partial charge < -0.3 is 9.52 Å². The van der Waals surface area contributed by atoms with E-state index in [1.165, 1.54) is 13.0 Å². The van der Waals surface area contributed by atoms with Crippen molar-refractivity contribution in [2.75, 3.05) is 0 Å². The summed E-state index contributed by atoms with van der Waals surface area (Å²) in [6.07, 6.45) is 0.832. The van der Waals surface area contributed by atoms with Gasteiger partial charge in [-0.2, -0.15) is 0 Å². The number of carboxylic acid groups (broad SMARTS) is 1. The van der Waals surface area contributed by atoms with Gasteiger partial charge in [0.15, 0.2) is 5.69 Å². The lowest BCUT2D eigenvalue weighted by molar-refractivity contribution is 0.0690. The largest absolute Gasteiger partial charge is 0.476 e. The van der Waals surface area contributed by atoms with E-state index in [1.807, 2.05) is 0 Å². The molecule has 2 aromatic rings. The van der Waals surface area contributed by atoms with Gasteiger partial charge in [0.05, 0.1) is 0 Å². The molecule has 0 fully saturated rings. The summed E-state index contributed by atoms with van der Waals surface area (Å²) >= 11 is 0. The molecular weight excluding hydrogens is 232 g/mol. The van der Waals surface area contributed by atoms with Crippen molar-refractivity contribution in [1.29, 1.82) is 0 Å². The van der Waals surface area contributed by atoms with E-state index in [0.717, 1.165) is 12.3 Å². The lowest BCUT2D eigenvalue weighted by atomic mass is 10.1. The summed E-state index contributed by atoms with van der Waals surface area (Å²) < 4.78 is 31.9. The standard InChI is InChI=1S/C11H7F2NO3/c1-5-2-3-6(12)8(9(5)13)10-14-7(4-17-10)11(15)16/h2-4H,1H3,(H,15,16). The minimum Gasteiger partial charge on any atom is -0.476 e. The van der Waals surface area contributed by atoms with Crippen LogP contribution in [0.1, 0.15) is 16.1 Å². The summed E-state index contributed by atoms with van der Waals surface area (Å²) in [5.74, 6) is -3.38. The molecule has 4 nitrogen and oxygen atoms in total. The number of aryl methyl sites for hydroxylation is 1. The number of rotatable bonds is 2. The average molecular weight is 239 g/mol. The molecule has 0 atom stereocenters. The normalized spacial score (nSPS) is 10.5. The molecule has 2 rings (SSSR count). The molecule has 0 aliphatic carbocycles. The highest BCUT2D eigenvalue weighted by Gasteiger charge is 2.20. The van der Waals surface area contributed by atoms with E-state index in [-0.39, 0.29) is 11.5 Å². The highest BCUT2D eigenvalue weighted by Crippen LogP contribution is 2.27. The lowest BCUT2D eigenvalue weighted by Gasteiger charge is -2.02. The lowest BCUT2D eigenvalue weighted by Crippen LogP contribution is -1.97. The van der Waals surface area contributed by atoms with Gasteiger partial charge in [-0.3, -0.25) is 0 Å². The van der Waals surface area contributed by atoms with Crippen LogP contribution >= 0.6 is 0 Å². The van der Waals surface area contributed by atoms with Crippen molar-refractivity contribution < 1.29 is 23.1 Å². The number of halogens is 2. The van der Waals surface area contributed by atoms with Gasteiger partial charge in [-0.15, -0.1) is 0 Å². The van der Waals surface area contributed by atoms with Gasteiger partial charge in [0, 0.05) is 0 Å². The van der Waals surface area contributed by atoms with Gasteiger partial charge in [-0.1, -0.05) is 6.07 Å². The molecule has 1 aromatic carbocycles. The zero-order valence-electron chi connectivity index (χ0n) is 8.70. The van der Waals surface area contributed by atoms with Gasteiger partial charge in [0.1, 0.15) is 23.5 Å². The third-order valence-electron chi connectivity index (χ3n) is 2.22. The molecule has 0 saturated heterocycles. The summed E-state index contributed by atoms with van der Waals surface area (Å²) in [5, 5.41) is 8.63. The van der Waals surface area contributed by atoms with E-state index in [1.54, 1.807) is 0 Å². The van der Waals surface area contributed by atoms with Gasteiger partial charge in [0.25, 0.3) is 0 Å². The Balaban J connectivity index is 2.60. The number of benzene rings is 1. The third kappa shape index (κ3) is 1.89. The molecule has 0 aliphatic heterocycles. The average Bonchev–Trinajstić information content (AvgIpc) is 2.73. The SMILES string of the molecule is Cc1ccc(F)c(-c2nc(C(=O)O)co2)c1F. The second kappa shape index (κ2) is 3.97. The Morgan fingerprint density at radius 2 is 2.12 bits per heavy atom. The Morgan fingerprint density at radius 1 is 1.41 bits per heavy atom. The number of nitrogens with zero attached hydrogens (tertiary/aromatic N) is 1. The highest BCUT2D eigenvalue weighted by molar-refractivity contribution is 5.85. The molecule has 0 amide bonds. The topological polar surface area (TPSA) is 63.3 Å². The number of carbonyl (C=O) groups is 1. The number of aromatic nitrogens is 1.